The number of carbonyl (C=O) groups is 1. The predicted molar refractivity (Wildman–Crippen MR) is 166 cm³/mol. The van der Waals surface area contributed by atoms with E-state index >= 15 is 0 Å². The van der Waals surface area contributed by atoms with Gasteiger partial charge >= 0.3 is 6.09 Å². The van der Waals surface area contributed by atoms with Crippen molar-refractivity contribution >= 4 is 23.4 Å². The lowest BCUT2D eigenvalue weighted by Gasteiger charge is -2.18. The number of nitrogens with one attached hydrogen (secondary N) is 1. The summed E-state index contributed by atoms with van der Waals surface area (Å²) in [6.45, 7) is 0. The lowest BCUT2D eigenvalue weighted by molar-refractivity contribution is -0.614. The number of tetrazole rings is 1. The number of methoxy groups -OCH3 is 1. The molecule has 11 heteroatoms. The van der Waals surface area contributed by atoms with E-state index in [1.807, 2.05) is 72.8 Å². The summed E-state index contributed by atoms with van der Waals surface area (Å²) >= 11 is 6.34. The third-order valence-corrected chi connectivity index (χ3v) is 7.47. The van der Waals surface area contributed by atoms with Crippen molar-refractivity contribution in [1.29, 1.82) is 0 Å². The molecule has 3 aromatic carbocycles. The molecule has 0 spiro atoms. The van der Waals surface area contributed by atoms with Crippen molar-refractivity contribution in [2.24, 2.45) is 0 Å². The molecule has 3 heterocycles. The Labute approximate surface area is 258 Å². The fourth-order valence-electron chi connectivity index (χ4n) is 5.08. The summed E-state index contributed by atoms with van der Waals surface area (Å²) in [6, 6.07) is 30.4. The summed E-state index contributed by atoms with van der Waals surface area (Å²) < 4.78 is 7.10. The van der Waals surface area contributed by atoms with Gasteiger partial charge in [-0.1, -0.05) is 54.1 Å². The highest BCUT2D eigenvalue weighted by Crippen LogP contribution is 2.32. The molecule has 0 aliphatic carbocycles. The van der Waals surface area contributed by atoms with Crippen molar-refractivity contribution in [3.63, 3.8) is 0 Å². The topological polar surface area (TPSA) is 122 Å². The third-order valence-electron chi connectivity index (χ3n) is 7.24. The minimum absolute atomic E-state index is 0.345. The molecule has 1 amide bonds. The minimum Gasteiger partial charge on any atom is -0.618 e. The van der Waals surface area contributed by atoms with Gasteiger partial charge in [-0.05, 0) is 82.1 Å². The number of benzene rings is 3. The van der Waals surface area contributed by atoms with Gasteiger partial charge in [0.2, 0.25) is 5.69 Å². The summed E-state index contributed by atoms with van der Waals surface area (Å²) in [5.41, 5.74) is 6.91. The van der Waals surface area contributed by atoms with Crippen LogP contribution in [0.15, 0.2) is 116 Å². The first-order valence-corrected chi connectivity index (χ1v) is 14.1. The zero-order chi connectivity index (χ0) is 30.5. The maximum absolute atomic E-state index is 13.8. The number of carbonyl (C=O) groups excluding carboxylic acids is 1. The van der Waals surface area contributed by atoms with Crippen LogP contribution >= 0.6 is 11.6 Å². The van der Waals surface area contributed by atoms with Crippen LogP contribution in [0.2, 0.25) is 5.02 Å². The average Bonchev–Trinajstić information content (AvgIpc) is 3.60. The Morgan fingerprint density at radius 3 is 2.50 bits per heavy atom. The molecule has 0 aliphatic heterocycles. The molecule has 0 aliphatic rings. The van der Waals surface area contributed by atoms with Crippen molar-refractivity contribution in [3.8, 4) is 27.9 Å². The first-order valence-electron chi connectivity index (χ1n) is 13.7. The summed E-state index contributed by atoms with van der Waals surface area (Å²) in [4.78, 5) is 16.3. The number of aromatic nitrogens is 6. The van der Waals surface area contributed by atoms with Gasteiger partial charge in [0.05, 0.1) is 24.4 Å². The summed E-state index contributed by atoms with van der Waals surface area (Å²) in [5, 5.41) is 28.4. The van der Waals surface area contributed by atoms with Crippen LogP contribution in [0, 0.1) is 5.21 Å². The second kappa shape index (κ2) is 12.7. The molecular formula is C33H26ClN7O3. The maximum atomic E-state index is 13.8. The molecule has 0 radical (unpaired) electrons. The number of rotatable bonds is 8. The molecule has 6 rings (SSSR count). The normalized spacial score (nSPS) is 11.6. The van der Waals surface area contributed by atoms with E-state index in [0.29, 0.717) is 39.6 Å². The van der Waals surface area contributed by atoms with Gasteiger partial charge in [-0.15, -0.1) is 5.10 Å². The highest BCUT2D eigenvalue weighted by Gasteiger charge is 2.25. The van der Waals surface area contributed by atoms with Gasteiger partial charge in [0, 0.05) is 34.1 Å². The van der Waals surface area contributed by atoms with Gasteiger partial charge in [-0.3, -0.25) is 10.3 Å². The van der Waals surface area contributed by atoms with Crippen molar-refractivity contribution in [1.82, 2.24) is 25.2 Å². The number of ether oxygens (including phenoxy) is 1. The van der Waals surface area contributed by atoms with Gasteiger partial charge in [0.1, 0.15) is 6.33 Å². The van der Waals surface area contributed by atoms with Crippen LogP contribution in [-0.4, -0.2) is 38.4 Å². The lowest BCUT2D eigenvalue weighted by atomic mass is 9.90. The molecule has 0 bridgehead atoms. The zero-order valence-corrected chi connectivity index (χ0v) is 24.3. The van der Waals surface area contributed by atoms with Crippen molar-refractivity contribution in [2.75, 3.05) is 12.4 Å². The second-order valence-electron chi connectivity index (χ2n) is 9.99. The number of nitrogens with zero attached hydrogens (tertiary/aromatic N) is 6. The molecule has 6 aromatic rings. The number of hydrogen-bond acceptors (Lipinski definition) is 7. The molecule has 10 nitrogen and oxygen atoms in total. The third kappa shape index (κ3) is 6.25. The summed E-state index contributed by atoms with van der Waals surface area (Å²) in [5.74, 6) is -0.345. The Morgan fingerprint density at radius 1 is 0.977 bits per heavy atom. The van der Waals surface area contributed by atoms with Crippen LogP contribution in [0.4, 0.5) is 10.5 Å². The van der Waals surface area contributed by atoms with E-state index in [-0.39, 0.29) is 5.92 Å². The quantitative estimate of drug-likeness (QED) is 0.162. The van der Waals surface area contributed by atoms with Gasteiger partial charge < -0.3 is 9.94 Å². The fraction of sp³-hybridized carbons (Fsp3) is 0.0909. The average molecular weight is 604 g/mol. The molecule has 218 valence electrons. The predicted octanol–water partition coefficient (Wildman–Crippen LogP) is 6.23. The Hall–Kier alpha value is -5.61. The summed E-state index contributed by atoms with van der Waals surface area (Å²) in [7, 11) is 1.32. The number of hydrogen-bond donors (Lipinski definition) is 1. The highest BCUT2D eigenvalue weighted by molar-refractivity contribution is 6.31. The first kappa shape index (κ1) is 28.5. The van der Waals surface area contributed by atoms with Crippen LogP contribution in [0.1, 0.15) is 22.9 Å². The van der Waals surface area contributed by atoms with Crippen LogP contribution in [0.25, 0.3) is 27.9 Å². The van der Waals surface area contributed by atoms with E-state index in [2.05, 4.69) is 25.6 Å². The van der Waals surface area contributed by atoms with Crippen LogP contribution < -0.4 is 10.0 Å². The molecule has 1 unspecified atom stereocenters. The zero-order valence-electron chi connectivity index (χ0n) is 23.5. The van der Waals surface area contributed by atoms with Gasteiger partial charge in [-0.2, -0.15) is 9.41 Å². The standard InChI is InChI=1S/C33H26ClN7O3/c1-44-33(42)37-27-11-7-23(8-12-27)24-15-16-35-30(18-24)29(17-22-5-3-2-4-6-22)32-13-9-25(20-41(32)43)28-19-26(34)10-14-31(28)40-21-36-38-39-40/h2-16,18-21,29H,17H2,1H3,(H,37,42). The second-order valence-corrected chi connectivity index (χ2v) is 10.4. The molecule has 1 atom stereocenters. The van der Waals surface area contributed by atoms with Gasteiger partial charge in [-0.25, -0.2) is 4.79 Å². The van der Waals surface area contributed by atoms with Crippen LogP contribution in [0.3, 0.4) is 0 Å². The number of amides is 1. The van der Waals surface area contributed by atoms with E-state index in [0.717, 1.165) is 27.1 Å². The fourth-order valence-corrected chi connectivity index (χ4v) is 5.25. The molecule has 0 saturated heterocycles. The Morgan fingerprint density at radius 2 is 1.77 bits per heavy atom. The maximum Gasteiger partial charge on any atom is 0.411 e. The monoisotopic (exact) mass is 603 g/mol. The Balaban J connectivity index is 1.38. The van der Waals surface area contributed by atoms with Gasteiger partial charge in [0.25, 0.3) is 0 Å². The van der Waals surface area contributed by atoms with E-state index in [1.165, 1.54) is 18.1 Å². The van der Waals surface area contributed by atoms with Gasteiger partial charge in [0.15, 0.2) is 6.20 Å². The largest absolute Gasteiger partial charge is 0.618 e. The lowest BCUT2D eigenvalue weighted by Crippen LogP contribution is -2.34. The van der Waals surface area contributed by atoms with E-state index in [9.17, 15) is 10.0 Å². The number of anilines is 1. The summed E-state index contributed by atoms with van der Waals surface area (Å²) in [6.07, 6.45) is 4.81. The SMILES string of the molecule is COC(=O)Nc1ccc(-c2ccnc(C(Cc3ccccc3)c3ccc(-c4cc(Cl)ccc4-n4cnnn4)c[n+]3[O-])c2)cc1. The molecule has 0 fully saturated rings. The number of pyridine rings is 2. The Bertz CT molecular complexity index is 1900. The van der Waals surface area contributed by atoms with Crippen molar-refractivity contribution < 1.29 is 14.3 Å². The number of halogens is 1. The molecular weight excluding hydrogens is 578 g/mol. The Kier molecular flexibility index (Phi) is 8.24. The van der Waals surface area contributed by atoms with E-state index < -0.39 is 6.09 Å². The molecule has 3 aromatic heterocycles. The van der Waals surface area contributed by atoms with E-state index in [4.69, 9.17) is 16.6 Å². The molecule has 0 saturated carbocycles. The van der Waals surface area contributed by atoms with Crippen molar-refractivity contribution in [2.45, 2.75) is 12.3 Å². The highest BCUT2D eigenvalue weighted by atomic mass is 35.5. The van der Waals surface area contributed by atoms with E-state index in [1.54, 1.807) is 36.7 Å². The first-order chi connectivity index (χ1) is 21.5. The molecule has 44 heavy (non-hydrogen) atoms. The molecule has 1 N–H and O–H groups in total. The minimum atomic E-state index is -0.536. The van der Waals surface area contributed by atoms with Crippen LogP contribution in [0.5, 0.6) is 0 Å². The smallest absolute Gasteiger partial charge is 0.411 e. The van der Waals surface area contributed by atoms with Crippen LogP contribution in [-0.2, 0) is 11.2 Å². The van der Waals surface area contributed by atoms with Crippen molar-refractivity contribution in [3.05, 3.63) is 143 Å².